The molecule has 5 nitrogen and oxygen atoms in total. The number of aromatic nitrogens is 3. The van der Waals surface area contributed by atoms with Crippen molar-refractivity contribution in [3.63, 3.8) is 0 Å². The van der Waals surface area contributed by atoms with E-state index in [1.165, 1.54) is 22.0 Å². The Morgan fingerprint density at radius 1 is 0.935 bits per heavy atom. The summed E-state index contributed by atoms with van der Waals surface area (Å²) in [5, 5.41) is 5.71. The van der Waals surface area contributed by atoms with Crippen molar-refractivity contribution in [3.8, 4) is 0 Å². The van der Waals surface area contributed by atoms with Crippen LogP contribution in [-0.4, -0.2) is 20.3 Å². The molecule has 31 heavy (non-hydrogen) atoms. The van der Waals surface area contributed by atoms with E-state index in [1.807, 2.05) is 24.4 Å². The topological polar surface area (TPSA) is 47.1 Å². The summed E-state index contributed by atoms with van der Waals surface area (Å²) in [5.41, 5.74) is 10.1. The minimum Gasteiger partial charge on any atom is -0.342 e. The Balaban J connectivity index is 1.44. The van der Waals surface area contributed by atoms with Crippen molar-refractivity contribution in [3.05, 3.63) is 95.7 Å². The van der Waals surface area contributed by atoms with Gasteiger partial charge in [0.15, 0.2) is 0 Å². The van der Waals surface area contributed by atoms with Crippen LogP contribution in [0.5, 0.6) is 0 Å². The normalized spacial score (nSPS) is 11.7. The first kappa shape index (κ1) is 19.1. The maximum atomic E-state index is 4.68. The van der Waals surface area contributed by atoms with Crippen LogP contribution in [0, 0.1) is 6.92 Å². The first-order valence-electron chi connectivity index (χ1n) is 10.6. The lowest BCUT2D eigenvalue weighted by atomic mass is 10.1. The van der Waals surface area contributed by atoms with E-state index in [9.17, 15) is 0 Å². The van der Waals surface area contributed by atoms with Crippen molar-refractivity contribution >= 4 is 34.1 Å². The fraction of sp³-hybridized carbons (Fsp3) is 0.154. The van der Waals surface area contributed by atoms with Crippen molar-refractivity contribution in [1.29, 1.82) is 0 Å². The molecule has 0 unspecified atom stereocenters. The van der Waals surface area contributed by atoms with E-state index in [0.29, 0.717) is 0 Å². The Morgan fingerprint density at radius 3 is 2.48 bits per heavy atom. The van der Waals surface area contributed by atoms with E-state index >= 15 is 0 Å². The molecule has 0 fully saturated rings. The highest BCUT2D eigenvalue weighted by Crippen LogP contribution is 2.22. The first-order chi connectivity index (χ1) is 15.2. The molecule has 2 aromatic heterocycles. The van der Waals surface area contributed by atoms with Gasteiger partial charge in [0.2, 0.25) is 5.95 Å². The number of imidazole rings is 1. The molecule has 1 N–H and O–H groups in total. The minimum absolute atomic E-state index is 0.753. The Bertz CT molecular complexity index is 1370. The van der Waals surface area contributed by atoms with Gasteiger partial charge in [0, 0.05) is 35.8 Å². The molecule has 0 saturated carbocycles. The van der Waals surface area contributed by atoms with E-state index in [1.54, 1.807) is 0 Å². The number of hydrogen-bond acceptors (Lipinski definition) is 3. The fourth-order valence-electron chi connectivity index (χ4n) is 4.04. The average Bonchev–Trinajstić information content (AvgIpc) is 3.33. The third kappa shape index (κ3) is 3.70. The summed E-state index contributed by atoms with van der Waals surface area (Å²) >= 11 is 0. The molecule has 5 heteroatoms. The van der Waals surface area contributed by atoms with Crippen LogP contribution in [-0.2, 0) is 13.1 Å². The lowest BCUT2D eigenvalue weighted by Gasteiger charge is -2.06. The second-order valence-corrected chi connectivity index (χ2v) is 7.75. The summed E-state index contributed by atoms with van der Waals surface area (Å²) in [7, 11) is 0. The quantitative estimate of drug-likeness (QED) is 0.285. The van der Waals surface area contributed by atoms with Gasteiger partial charge in [0.05, 0.1) is 17.2 Å². The lowest BCUT2D eigenvalue weighted by Crippen LogP contribution is -2.01. The lowest BCUT2D eigenvalue weighted by molar-refractivity contribution is 0.791. The van der Waals surface area contributed by atoms with Gasteiger partial charge in [0.25, 0.3) is 0 Å². The van der Waals surface area contributed by atoms with Gasteiger partial charge in [-0.25, -0.2) is 10.4 Å². The van der Waals surface area contributed by atoms with E-state index < -0.39 is 0 Å². The third-order valence-corrected chi connectivity index (χ3v) is 5.63. The second kappa shape index (κ2) is 8.11. The van der Waals surface area contributed by atoms with Gasteiger partial charge in [-0.2, -0.15) is 5.10 Å². The predicted molar refractivity (Wildman–Crippen MR) is 129 cm³/mol. The van der Waals surface area contributed by atoms with Crippen LogP contribution in [0.3, 0.4) is 0 Å². The monoisotopic (exact) mass is 407 g/mol. The Kier molecular flexibility index (Phi) is 5.00. The SMILES string of the molecule is CCn1c(N/N=C\c2cn(Cc3ccc(C)cc3)c3ccccc23)nc2ccccc21. The number of nitrogens with one attached hydrogen (secondary N) is 1. The van der Waals surface area contributed by atoms with Gasteiger partial charge in [0.1, 0.15) is 0 Å². The van der Waals surface area contributed by atoms with Crippen LogP contribution < -0.4 is 5.43 Å². The standard InChI is InChI=1S/C26H25N5/c1-3-31-25-11-7-5-9-23(25)28-26(31)29-27-16-21-18-30(24-10-6-4-8-22(21)24)17-20-14-12-19(2)13-15-20/h4-16,18H,3,17H2,1-2H3,(H,28,29)/b27-16-. The molecule has 0 aliphatic heterocycles. The van der Waals surface area contributed by atoms with Gasteiger partial charge < -0.3 is 9.13 Å². The summed E-state index contributed by atoms with van der Waals surface area (Å²) in [4.78, 5) is 4.68. The molecule has 5 aromatic rings. The Hall–Kier alpha value is -3.86. The number of fused-ring (bicyclic) bond motifs is 2. The van der Waals surface area contributed by atoms with Gasteiger partial charge in [-0.1, -0.05) is 60.2 Å². The van der Waals surface area contributed by atoms with Crippen molar-refractivity contribution in [2.45, 2.75) is 26.9 Å². The average molecular weight is 408 g/mol. The second-order valence-electron chi connectivity index (χ2n) is 7.75. The molecular formula is C26H25N5. The highest BCUT2D eigenvalue weighted by Gasteiger charge is 2.09. The molecule has 154 valence electrons. The highest BCUT2D eigenvalue weighted by atomic mass is 15.4. The smallest absolute Gasteiger partial charge is 0.224 e. The van der Waals surface area contributed by atoms with Gasteiger partial charge in [-0.3, -0.25) is 0 Å². The number of rotatable bonds is 6. The molecule has 2 heterocycles. The number of benzene rings is 3. The number of anilines is 1. The zero-order chi connectivity index (χ0) is 21.2. The maximum Gasteiger partial charge on any atom is 0.224 e. The van der Waals surface area contributed by atoms with Crippen LogP contribution in [0.1, 0.15) is 23.6 Å². The Labute approximate surface area is 181 Å². The molecule has 3 aromatic carbocycles. The molecule has 0 saturated heterocycles. The fourth-order valence-corrected chi connectivity index (χ4v) is 4.04. The minimum atomic E-state index is 0.753. The van der Waals surface area contributed by atoms with Crippen molar-refractivity contribution in [2.24, 2.45) is 5.10 Å². The van der Waals surface area contributed by atoms with Crippen LogP contribution in [0.15, 0.2) is 84.1 Å². The first-order valence-corrected chi connectivity index (χ1v) is 10.6. The number of aryl methyl sites for hydroxylation is 2. The van der Waals surface area contributed by atoms with Gasteiger partial charge in [-0.15, -0.1) is 0 Å². The highest BCUT2D eigenvalue weighted by molar-refractivity contribution is 5.99. The van der Waals surface area contributed by atoms with Crippen LogP contribution in [0.25, 0.3) is 21.9 Å². The summed E-state index contributed by atoms with van der Waals surface area (Å²) in [6, 6.07) is 25.3. The zero-order valence-electron chi connectivity index (χ0n) is 17.8. The van der Waals surface area contributed by atoms with Crippen molar-refractivity contribution < 1.29 is 0 Å². The van der Waals surface area contributed by atoms with E-state index in [-0.39, 0.29) is 0 Å². The van der Waals surface area contributed by atoms with E-state index in [2.05, 4.69) is 99.3 Å². The summed E-state index contributed by atoms with van der Waals surface area (Å²) in [6.45, 7) is 5.88. The molecule has 0 amide bonds. The van der Waals surface area contributed by atoms with Gasteiger partial charge in [-0.05, 0) is 37.6 Å². The molecule has 0 spiro atoms. The largest absolute Gasteiger partial charge is 0.342 e. The summed E-state index contributed by atoms with van der Waals surface area (Å²) < 4.78 is 4.41. The molecule has 0 bridgehead atoms. The van der Waals surface area contributed by atoms with Crippen LogP contribution >= 0.6 is 0 Å². The van der Waals surface area contributed by atoms with Crippen molar-refractivity contribution in [1.82, 2.24) is 14.1 Å². The molecule has 0 aliphatic carbocycles. The van der Waals surface area contributed by atoms with Gasteiger partial charge >= 0.3 is 0 Å². The third-order valence-electron chi connectivity index (χ3n) is 5.63. The molecular weight excluding hydrogens is 382 g/mol. The molecule has 0 atom stereocenters. The predicted octanol–water partition coefficient (Wildman–Crippen LogP) is 5.81. The number of hydrogen-bond donors (Lipinski definition) is 1. The number of nitrogens with zero attached hydrogens (tertiary/aromatic N) is 4. The summed E-state index contributed by atoms with van der Waals surface area (Å²) in [6.07, 6.45) is 4.05. The van der Waals surface area contributed by atoms with Crippen molar-refractivity contribution in [2.75, 3.05) is 5.43 Å². The number of hydrazone groups is 1. The zero-order valence-corrected chi connectivity index (χ0v) is 17.8. The van der Waals surface area contributed by atoms with Crippen LogP contribution in [0.4, 0.5) is 5.95 Å². The van der Waals surface area contributed by atoms with Crippen LogP contribution in [0.2, 0.25) is 0 Å². The molecule has 0 radical (unpaired) electrons. The van der Waals surface area contributed by atoms with E-state index in [0.717, 1.165) is 35.6 Å². The van der Waals surface area contributed by atoms with E-state index in [4.69, 9.17) is 0 Å². The maximum absolute atomic E-state index is 4.68. The molecule has 0 aliphatic rings. The summed E-state index contributed by atoms with van der Waals surface area (Å²) in [5.74, 6) is 0.753. The molecule has 5 rings (SSSR count). The number of para-hydroxylation sites is 3. The Morgan fingerprint density at radius 2 is 1.68 bits per heavy atom.